The maximum atomic E-state index is 12.6. The van der Waals surface area contributed by atoms with E-state index >= 15 is 0 Å². The highest BCUT2D eigenvalue weighted by Gasteiger charge is 2.20. The van der Waals surface area contributed by atoms with Gasteiger partial charge in [0.1, 0.15) is 5.75 Å². The lowest BCUT2D eigenvalue weighted by Crippen LogP contribution is -2.30. The molecule has 0 fully saturated rings. The third kappa shape index (κ3) is 4.51. The summed E-state index contributed by atoms with van der Waals surface area (Å²) in [6.45, 7) is 6.27. The normalized spacial score (nSPS) is 11.9. The molecular weight excluding hydrogens is 374 g/mol. The van der Waals surface area contributed by atoms with Gasteiger partial charge in [0, 0.05) is 12.1 Å². The molecule has 3 rings (SSSR count). The molecular formula is C20H23N5O2S. The van der Waals surface area contributed by atoms with Gasteiger partial charge < -0.3 is 10.1 Å². The van der Waals surface area contributed by atoms with E-state index < -0.39 is 0 Å². The zero-order chi connectivity index (χ0) is 20.1. The lowest BCUT2D eigenvalue weighted by molar-refractivity contribution is -0.120. The van der Waals surface area contributed by atoms with Crippen LogP contribution in [0.15, 0.2) is 47.6 Å². The monoisotopic (exact) mass is 397 g/mol. The molecule has 1 amide bonds. The van der Waals surface area contributed by atoms with Crippen molar-refractivity contribution in [3.63, 3.8) is 0 Å². The Labute approximate surface area is 168 Å². The summed E-state index contributed by atoms with van der Waals surface area (Å²) in [5.41, 5.74) is 4.02. The SMILES string of the molecule is COc1ccccc1CNC(=O)[C@H](C)Sc1nnnn1-c1cc(C)ccc1C. The van der Waals surface area contributed by atoms with Gasteiger partial charge in [0.2, 0.25) is 11.1 Å². The number of amides is 1. The highest BCUT2D eigenvalue weighted by Crippen LogP contribution is 2.25. The topological polar surface area (TPSA) is 81.9 Å². The van der Waals surface area contributed by atoms with Crippen molar-refractivity contribution in [2.24, 2.45) is 0 Å². The zero-order valence-electron chi connectivity index (χ0n) is 16.3. The van der Waals surface area contributed by atoms with Gasteiger partial charge in [-0.3, -0.25) is 4.79 Å². The molecule has 1 aromatic heterocycles. The Kier molecular flexibility index (Phi) is 6.30. The van der Waals surface area contributed by atoms with E-state index in [4.69, 9.17) is 4.74 Å². The van der Waals surface area contributed by atoms with Gasteiger partial charge in [0.15, 0.2) is 0 Å². The molecule has 0 aliphatic carbocycles. The molecule has 0 saturated heterocycles. The van der Waals surface area contributed by atoms with E-state index in [2.05, 4.69) is 20.8 Å². The van der Waals surface area contributed by atoms with Crippen LogP contribution in [-0.2, 0) is 11.3 Å². The summed E-state index contributed by atoms with van der Waals surface area (Å²) in [7, 11) is 1.62. The molecule has 146 valence electrons. The van der Waals surface area contributed by atoms with E-state index in [0.29, 0.717) is 11.7 Å². The van der Waals surface area contributed by atoms with Gasteiger partial charge in [-0.05, 0) is 54.5 Å². The number of para-hydroxylation sites is 1. The third-order valence-corrected chi connectivity index (χ3v) is 5.36. The minimum Gasteiger partial charge on any atom is -0.496 e. The Morgan fingerprint density at radius 1 is 1.25 bits per heavy atom. The summed E-state index contributed by atoms with van der Waals surface area (Å²) in [5.74, 6) is 0.661. The molecule has 0 saturated carbocycles. The van der Waals surface area contributed by atoms with Crippen LogP contribution in [0, 0.1) is 13.8 Å². The van der Waals surface area contributed by atoms with Crippen LogP contribution in [0.2, 0.25) is 0 Å². The maximum Gasteiger partial charge on any atom is 0.233 e. The highest BCUT2D eigenvalue weighted by atomic mass is 32.2. The molecule has 2 aromatic carbocycles. The summed E-state index contributed by atoms with van der Waals surface area (Å²) in [4.78, 5) is 12.6. The maximum absolute atomic E-state index is 12.6. The number of methoxy groups -OCH3 is 1. The Morgan fingerprint density at radius 3 is 2.82 bits per heavy atom. The molecule has 0 aliphatic heterocycles. The van der Waals surface area contributed by atoms with Crippen molar-refractivity contribution in [2.75, 3.05) is 7.11 Å². The van der Waals surface area contributed by atoms with E-state index in [9.17, 15) is 4.79 Å². The average Bonchev–Trinajstić information content (AvgIpc) is 3.15. The smallest absolute Gasteiger partial charge is 0.233 e. The molecule has 8 heteroatoms. The first-order valence-electron chi connectivity index (χ1n) is 8.92. The van der Waals surface area contributed by atoms with Crippen molar-refractivity contribution >= 4 is 17.7 Å². The van der Waals surface area contributed by atoms with Crippen molar-refractivity contribution in [1.29, 1.82) is 0 Å². The van der Waals surface area contributed by atoms with Gasteiger partial charge in [-0.15, -0.1) is 5.10 Å². The van der Waals surface area contributed by atoms with Crippen LogP contribution >= 0.6 is 11.8 Å². The van der Waals surface area contributed by atoms with Crippen molar-refractivity contribution < 1.29 is 9.53 Å². The number of benzene rings is 2. The largest absolute Gasteiger partial charge is 0.496 e. The number of aromatic nitrogens is 4. The first kappa shape index (κ1) is 19.9. The third-order valence-electron chi connectivity index (χ3n) is 4.33. The number of hydrogen-bond acceptors (Lipinski definition) is 6. The molecule has 1 heterocycles. The fourth-order valence-corrected chi connectivity index (χ4v) is 3.56. The summed E-state index contributed by atoms with van der Waals surface area (Å²) in [6.07, 6.45) is 0. The first-order chi connectivity index (χ1) is 13.5. The molecule has 28 heavy (non-hydrogen) atoms. The highest BCUT2D eigenvalue weighted by molar-refractivity contribution is 8.00. The number of nitrogens with one attached hydrogen (secondary N) is 1. The molecule has 1 N–H and O–H groups in total. The lowest BCUT2D eigenvalue weighted by atomic mass is 10.1. The Hall–Kier alpha value is -2.87. The minimum absolute atomic E-state index is 0.0913. The molecule has 0 spiro atoms. The quantitative estimate of drug-likeness (QED) is 0.617. The predicted molar refractivity (Wildman–Crippen MR) is 109 cm³/mol. The van der Waals surface area contributed by atoms with Gasteiger partial charge in [0.25, 0.3) is 0 Å². The minimum atomic E-state index is -0.357. The number of thioether (sulfide) groups is 1. The van der Waals surface area contributed by atoms with E-state index in [0.717, 1.165) is 28.1 Å². The molecule has 7 nitrogen and oxygen atoms in total. The summed E-state index contributed by atoms with van der Waals surface area (Å²) in [6, 6.07) is 13.7. The number of ether oxygens (including phenoxy) is 1. The van der Waals surface area contributed by atoms with Crippen molar-refractivity contribution in [1.82, 2.24) is 25.5 Å². The number of nitrogens with zero attached hydrogens (tertiary/aromatic N) is 4. The summed E-state index contributed by atoms with van der Waals surface area (Å²) < 4.78 is 7.00. The molecule has 0 unspecified atom stereocenters. The van der Waals surface area contributed by atoms with Crippen LogP contribution in [0.3, 0.4) is 0 Å². The first-order valence-corrected chi connectivity index (χ1v) is 9.80. The van der Waals surface area contributed by atoms with Gasteiger partial charge in [-0.2, -0.15) is 4.68 Å². The van der Waals surface area contributed by atoms with Crippen molar-refractivity contribution in [3.05, 3.63) is 59.2 Å². The lowest BCUT2D eigenvalue weighted by Gasteiger charge is -2.14. The second kappa shape index (κ2) is 8.88. The number of rotatable bonds is 7. The van der Waals surface area contributed by atoms with Gasteiger partial charge in [-0.25, -0.2) is 0 Å². The fraction of sp³-hybridized carbons (Fsp3) is 0.300. The van der Waals surface area contributed by atoms with E-state index in [1.165, 1.54) is 11.8 Å². The fourth-order valence-electron chi connectivity index (χ4n) is 2.74. The molecule has 1 atom stereocenters. The number of carbonyl (C=O) groups excluding carboxylic acids is 1. The molecule has 0 bridgehead atoms. The molecule has 0 aliphatic rings. The summed E-state index contributed by atoms with van der Waals surface area (Å²) >= 11 is 1.32. The zero-order valence-corrected chi connectivity index (χ0v) is 17.2. The Balaban J connectivity index is 1.68. The Morgan fingerprint density at radius 2 is 2.04 bits per heavy atom. The van der Waals surface area contributed by atoms with Gasteiger partial charge in [0.05, 0.1) is 18.0 Å². The van der Waals surface area contributed by atoms with Crippen LogP contribution in [0.5, 0.6) is 5.75 Å². The number of tetrazole rings is 1. The van der Waals surface area contributed by atoms with Crippen molar-refractivity contribution in [3.8, 4) is 11.4 Å². The van der Waals surface area contributed by atoms with Crippen molar-refractivity contribution in [2.45, 2.75) is 37.7 Å². The average molecular weight is 398 g/mol. The van der Waals surface area contributed by atoms with Crippen LogP contribution in [0.25, 0.3) is 5.69 Å². The molecule has 3 aromatic rings. The number of aryl methyl sites for hydroxylation is 2. The second-order valence-electron chi connectivity index (χ2n) is 6.45. The number of carbonyl (C=O) groups is 1. The molecule has 0 radical (unpaired) electrons. The predicted octanol–water partition coefficient (Wildman–Crippen LogP) is 3.08. The number of hydrogen-bond donors (Lipinski definition) is 1. The standard InChI is InChI=1S/C20H23N5O2S/c1-13-9-10-14(2)17(11-13)25-20(22-23-24-25)28-15(3)19(26)21-12-16-7-5-6-8-18(16)27-4/h5-11,15H,12H2,1-4H3,(H,21,26)/t15-/m0/s1. The van der Waals surface area contributed by atoms with E-state index in [1.807, 2.05) is 63.2 Å². The van der Waals surface area contributed by atoms with Gasteiger partial charge >= 0.3 is 0 Å². The van der Waals surface area contributed by atoms with Crippen LogP contribution in [-0.4, -0.2) is 38.5 Å². The second-order valence-corrected chi connectivity index (χ2v) is 7.76. The summed E-state index contributed by atoms with van der Waals surface area (Å²) in [5, 5.41) is 15.2. The van der Waals surface area contributed by atoms with Gasteiger partial charge in [-0.1, -0.05) is 42.1 Å². The van der Waals surface area contributed by atoms with E-state index in [-0.39, 0.29) is 11.2 Å². The van der Waals surface area contributed by atoms with E-state index in [1.54, 1.807) is 11.8 Å². The Bertz CT molecular complexity index is 973. The van der Waals surface area contributed by atoms with Crippen LogP contribution < -0.4 is 10.1 Å². The van der Waals surface area contributed by atoms with Crippen LogP contribution in [0.4, 0.5) is 0 Å². The van der Waals surface area contributed by atoms with Crippen LogP contribution in [0.1, 0.15) is 23.6 Å².